The number of benzene rings is 8. The van der Waals surface area contributed by atoms with Crippen LogP contribution in [-0.4, -0.2) is 109 Å². The van der Waals surface area contributed by atoms with Crippen molar-refractivity contribution in [1.29, 1.82) is 0 Å². The zero-order valence-electron chi connectivity index (χ0n) is 55.4. The van der Waals surface area contributed by atoms with Crippen molar-refractivity contribution in [3.8, 4) is 17.2 Å². The highest BCUT2D eigenvalue weighted by Crippen LogP contribution is 2.50. The second kappa shape index (κ2) is 26.5. The van der Waals surface area contributed by atoms with E-state index in [0.29, 0.717) is 48.9 Å². The highest BCUT2D eigenvalue weighted by atomic mass is 28.4. The molecular formula is C79H96O10Si2. The highest BCUT2D eigenvalue weighted by Gasteiger charge is 2.60. The molecule has 5 saturated heterocycles. The molecule has 5 fully saturated rings. The fraction of sp³-hybridized carbons (Fsp3) is 0.468. The monoisotopic (exact) mass is 1260 g/mol. The maximum atomic E-state index is 7.99. The van der Waals surface area contributed by atoms with E-state index in [1.807, 2.05) is 6.07 Å². The van der Waals surface area contributed by atoms with Gasteiger partial charge >= 0.3 is 0 Å². The maximum absolute atomic E-state index is 7.99. The molecule has 8 aromatic rings. The first-order valence-electron chi connectivity index (χ1n) is 34.0. The van der Waals surface area contributed by atoms with Gasteiger partial charge in [0.15, 0.2) is 0 Å². The van der Waals surface area contributed by atoms with Crippen LogP contribution in [-0.2, 0) is 32.5 Å². The van der Waals surface area contributed by atoms with E-state index in [1.54, 1.807) is 0 Å². The van der Waals surface area contributed by atoms with E-state index >= 15 is 0 Å². The van der Waals surface area contributed by atoms with Gasteiger partial charge in [0.1, 0.15) is 53.9 Å². The van der Waals surface area contributed by atoms with E-state index in [4.69, 9.17) is 46.7 Å². The van der Waals surface area contributed by atoms with Gasteiger partial charge in [-0.15, -0.1) is 0 Å². The van der Waals surface area contributed by atoms with Gasteiger partial charge in [0.25, 0.3) is 8.32 Å². The molecule has 0 aromatic heterocycles. The van der Waals surface area contributed by atoms with E-state index in [0.717, 1.165) is 62.4 Å². The van der Waals surface area contributed by atoms with Crippen molar-refractivity contribution in [2.24, 2.45) is 5.92 Å². The summed E-state index contributed by atoms with van der Waals surface area (Å²) in [5, 5.41) is 8.76. The topological polar surface area (TPSA) is 92.3 Å². The fourth-order valence-electron chi connectivity index (χ4n) is 17.0. The smallest absolute Gasteiger partial charge is 0.261 e. The van der Waals surface area contributed by atoms with E-state index in [-0.39, 0.29) is 66.4 Å². The van der Waals surface area contributed by atoms with Crippen LogP contribution in [0.2, 0.25) is 21.7 Å². The van der Waals surface area contributed by atoms with E-state index in [9.17, 15) is 0 Å². The van der Waals surface area contributed by atoms with E-state index in [2.05, 4.69) is 258 Å². The minimum absolute atomic E-state index is 0.182. The zero-order valence-corrected chi connectivity index (χ0v) is 57.4. The summed E-state index contributed by atoms with van der Waals surface area (Å²) < 4.78 is 76.0. The maximum Gasteiger partial charge on any atom is 0.261 e. The summed E-state index contributed by atoms with van der Waals surface area (Å²) in [6.07, 6.45) is -0.106. The van der Waals surface area contributed by atoms with Crippen LogP contribution in [0.4, 0.5) is 0 Å². The van der Waals surface area contributed by atoms with Crippen molar-refractivity contribution in [3.63, 3.8) is 0 Å². The Kier molecular flexibility index (Phi) is 18.6. The van der Waals surface area contributed by atoms with Crippen molar-refractivity contribution >= 4 is 59.3 Å². The zero-order chi connectivity index (χ0) is 63.2. The molecule has 480 valence electrons. The Hall–Kier alpha value is -5.91. The van der Waals surface area contributed by atoms with Gasteiger partial charge < -0.3 is 46.7 Å². The summed E-state index contributed by atoms with van der Waals surface area (Å²) in [6.45, 7) is 26.6. The van der Waals surface area contributed by atoms with Crippen molar-refractivity contribution in [1.82, 2.24) is 0 Å². The van der Waals surface area contributed by atoms with Gasteiger partial charge in [0, 0.05) is 41.8 Å². The molecule has 0 saturated carbocycles. The molecule has 13 rings (SSSR count). The first-order chi connectivity index (χ1) is 43.9. The number of hydrogen-bond donors (Lipinski definition) is 0. The summed E-state index contributed by atoms with van der Waals surface area (Å²) >= 11 is 0. The summed E-state index contributed by atoms with van der Waals surface area (Å²) in [5.74, 6) is 2.65. The van der Waals surface area contributed by atoms with Crippen molar-refractivity contribution in [3.05, 3.63) is 188 Å². The molecule has 0 radical (unpaired) electrons. The van der Waals surface area contributed by atoms with Crippen molar-refractivity contribution in [2.45, 2.75) is 215 Å². The average Bonchev–Trinajstić information content (AvgIpc) is 1.84. The van der Waals surface area contributed by atoms with Crippen molar-refractivity contribution < 1.29 is 46.7 Å². The molecule has 0 aliphatic carbocycles. The molecule has 5 aliphatic rings. The Balaban J connectivity index is 0.840. The van der Waals surface area contributed by atoms with Crippen LogP contribution in [0.15, 0.2) is 188 Å². The number of ether oxygens (including phenoxy) is 8. The standard InChI is InChI=1S/C79H96O10Si2/c1-51(2)90(52(3)4,53(5)6)89-73-46-69-67(85-74(73)50-81-91(78(8,9)10,58-33-14-12-15-34-58)59-35-16-13-17-36-59)44-54(7)43-66-68(84-69)45-70-71(83-66)47-76(86-65-42-26-32-57-29-20-23-39-62(57)65)79(11)77(87-70)48-72(82-64-41-25-31-56-28-19-22-38-61(56)64)75(88-79)49-80-63-40-24-30-55-27-18-21-37-60(55)63/h12-42,51-54,66-77H,43-50H2,1-11H3/t54-,66+,67-,68-,69+,70+,71-,72+,73-,74+,75+,76+,77-,79+/m1/s1. The summed E-state index contributed by atoms with van der Waals surface area (Å²) in [4.78, 5) is 0. The Labute approximate surface area is 542 Å². The van der Waals surface area contributed by atoms with Gasteiger partial charge in [-0.05, 0) is 92.1 Å². The van der Waals surface area contributed by atoms with Crippen LogP contribution in [0, 0.1) is 5.92 Å². The van der Waals surface area contributed by atoms with Gasteiger partial charge in [0.05, 0.1) is 55.4 Å². The number of rotatable bonds is 17. The molecule has 0 amide bonds. The second-order valence-corrected chi connectivity index (χ2v) is 38.8. The number of fused-ring (bicyclic) bond motifs is 7. The highest BCUT2D eigenvalue weighted by molar-refractivity contribution is 6.99. The molecule has 91 heavy (non-hydrogen) atoms. The molecule has 12 heteroatoms. The third-order valence-corrected chi connectivity index (χ3v) is 32.5. The van der Waals surface area contributed by atoms with Crippen LogP contribution in [0.5, 0.6) is 17.2 Å². The van der Waals surface area contributed by atoms with Gasteiger partial charge in [-0.3, -0.25) is 0 Å². The minimum Gasteiger partial charge on any atom is -0.490 e. The molecule has 5 aliphatic heterocycles. The van der Waals surface area contributed by atoms with Crippen LogP contribution in [0.25, 0.3) is 32.3 Å². The molecule has 0 N–H and O–H groups in total. The second-order valence-electron chi connectivity index (χ2n) is 29.1. The molecule has 0 spiro atoms. The molecule has 0 bridgehead atoms. The molecular weight excluding hydrogens is 1170 g/mol. The molecule has 10 nitrogen and oxygen atoms in total. The van der Waals surface area contributed by atoms with E-state index < -0.39 is 46.7 Å². The molecule has 14 atom stereocenters. The van der Waals surface area contributed by atoms with Crippen LogP contribution < -0.4 is 24.6 Å². The first kappa shape index (κ1) is 63.8. The van der Waals surface area contributed by atoms with Crippen LogP contribution in [0.1, 0.15) is 115 Å². The normalized spacial score (nSPS) is 29.0. The summed E-state index contributed by atoms with van der Waals surface area (Å²) in [5.41, 5.74) is 0.117. The van der Waals surface area contributed by atoms with Crippen LogP contribution >= 0.6 is 0 Å². The lowest BCUT2D eigenvalue weighted by molar-refractivity contribution is -0.277. The van der Waals surface area contributed by atoms with Crippen LogP contribution in [0.3, 0.4) is 0 Å². The minimum atomic E-state index is -2.95. The largest absolute Gasteiger partial charge is 0.490 e. The third kappa shape index (κ3) is 12.5. The van der Waals surface area contributed by atoms with Gasteiger partial charge in [0.2, 0.25) is 8.32 Å². The summed E-state index contributed by atoms with van der Waals surface area (Å²) in [6, 6.07) is 66.0. The average molecular weight is 1260 g/mol. The predicted octanol–water partition coefficient (Wildman–Crippen LogP) is 16.8. The quantitative estimate of drug-likeness (QED) is 0.0821. The van der Waals surface area contributed by atoms with Gasteiger partial charge in [-0.1, -0.05) is 239 Å². The predicted molar refractivity (Wildman–Crippen MR) is 370 cm³/mol. The lowest BCUT2D eigenvalue weighted by Crippen LogP contribution is -2.68. The van der Waals surface area contributed by atoms with Crippen molar-refractivity contribution in [2.75, 3.05) is 13.2 Å². The Morgan fingerprint density at radius 2 is 0.901 bits per heavy atom. The van der Waals surface area contributed by atoms with E-state index in [1.165, 1.54) is 10.4 Å². The Morgan fingerprint density at radius 3 is 1.45 bits per heavy atom. The SMILES string of the molecule is CC(C)[Si](O[C@@H]1C[C@@H]2O[C@@H]3C[C@@H]4O[C@@H]5C[C@H](Oc6cccc7ccccc67)[C@H](COc6cccc7ccccc67)O[C@@]5(C)[C@@H](Oc5cccc6ccccc56)C[C@H]4O[C@H]3C[C@@H](C)C[C@H]2O[C@H]1CO[Si](c1ccccc1)(c1ccccc1)C(C)(C)C)(C(C)C)C(C)C. The molecule has 5 heterocycles. The lowest BCUT2D eigenvalue weighted by Gasteiger charge is -2.52. The Morgan fingerprint density at radius 1 is 0.451 bits per heavy atom. The van der Waals surface area contributed by atoms with Gasteiger partial charge in [-0.25, -0.2) is 0 Å². The molecule has 8 aromatic carbocycles. The first-order valence-corrected chi connectivity index (χ1v) is 38.1. The summed E-state index contributed by atoms with van der Waals surface area (Å²) in [7, 11) is -5.42. The lowest BCUT2D eigenvalue weighted by atomic mass is 9.81. The Bertz CT molecular complexity index is 3670. The third-order valence-electron chi connectivity index (χ3n) is 21.4. The van der Waals surface area contributed by atoms with Gasteiger partial charge in [-0.2, -0.15) is 0 Å². The molecule has 0 unspecified atom stereocenters. The fourth-order valence-corrected chi connectivity index (χ4v) is 27.1. The number of hydrogen-bond acceptors (Lipinski definition) is 10.